The van der Waals surface area contributed by atoms with Crippen molar-refractivity contribution in [2.24, 2.45) is 0 Å². The van der Waals surface area contributed by atoms with E-state index in [-0.39, 0.29) is 18.6 Å². The van der Waals surface area contributed by atoms with Gasteiger partial charge in [-0.05, 0) is 60.7 Å². The molecule has 2 aromatic carbocycles. The minimum absolute atomic E-state index is 0.170. The minimum Gasteiger partial charge on any atom is -0.484 e. The second-order valence-corrected chi connectivity index (χ2v) is 6.12. The number of amides is 1. The van der Waals surface area contributed by atoms with Crippen LogP contribution in [0.25, 0.3) is 5.69 Å². The molecule has 0 saturated heterocycles. The van der Waals surface area contributed by atoms with Gasteiger partial charge in [-0.25, -0.2) is 9.48 Å². The van der Waals surface area contributed by atoms with Crippen LogP contribution in [0.2, 0.25) is 0 Å². The van der Waals surface area contributed by atoms with Gasteiger partial charge in [0.1, 0.15) is 12.1 Å². The largest absolute Gasteiger partial charge is 0.484 e. The Morgan fingerprint density at radius 3 is 2.61 bits per heavy atom. The molecule has 0 aliphatic heterocycles. The molecule has 0 aliphatic rings. The molecule has 1 heterocycles. The number of carbonyl (C=O) groups is 2. The summed E-state index contributed by atoms with van der Waals surface area (Å²) in [5.74, 6) is -0.223. The maximum absolute atomic E-state index is 12.1. The number of ether oxygens (including phenoxy) is 2. The maximum Gasteiger partial charge on any atom is 0.338 e. The Labute approximate surface area is 161 Å². The Balaban J connectivity index is 1.53. The fourth-order valence-corrected chi connectivity index (χ4v) is 2.31. The summed E-state index contributed by atoms with van der Waals surface area (Å²) in [5, 5.41) is 13.7. The van der Waals surface area contributed by atoms with Crippen LogP contribution in [-0.4, -0.2) is 44.8 Å². The molecule has 28 heavy (non-hydrogen) atoms. The van der Waals surface area contributed by atoms with Crippen molar-refractivity contribution in [1.29, 1.82) is 0 Å². The third-order valence-corrected chi connectivity index (χ3v) is 3.55. The summed E-state index contributed by atoms with van der Waals surface area (Å²) in [6.07, 6.45) is 1.27. The Kier molecular flexibility index (Phi) is 5.95. The lowest BCUT2D eigenvalue weighted by atomic mass is 10.2. The van der Waals surface area contributed by atoms with Gasteiger partial charge in [0.2, 0.25) is 0 Å². The van der Waals surface area contributed by atoms with Crippen molar-refractivity contribution in [2.75, 3.05) is 11.9 Å². The molecule has 0 aliphatic carbocycles. The number of aromatic nitrogens is 4. The fourth-order valence-electron chi connectivity index (χ4n) is 2.31. The van der Waals surface area contributed by atoms with E-state index in [2.05, 4.69) is 20.8 Å². The van der Waals surface area contributed by atoms with Crippen LogP contribution in [0.1, 0.15) is 24.2 Å². The van der Waals surface area contributed by atoms with Crippen molar-refractivity contribution in [3.05, 3.63) is 60.4 Å². The normalized spacial score (nSPS) is 10.5. The molecule has 3 aromatic rings. The van der Waals surface area contributed by atoms with Gasteiger partial charge in [0.05, 0.1) is 17.4 Å². The average molecular weight is 381 g/mol. The monoisotopic (exact) mass is 381 g/mol. The average Bonchev–Trinajstić information content (AvgIpc) is 3.21. The third-order valence-electron chi connectivity index (χ3n) is 3.55. The number of hydrogen-bond donors (Lipinski definition) is 1. The van der Waals surface area contributed by atoms with E-state index in [0.717, 1.165) is 0 Å². The molecule has 0 saturated carbocycles. The Morgan fingerprint density at radius 2 is 1.93 bits per heavy atom. The van der Waals surface area contributed by atoms with E-state index < -0.39 is 5.97 Å². The maximum atomic E-state index is 12.1. The van der Waals surface area contributed by atoms with Gasteiger partial charge in [0.15, 0.2) is 6.61 Å². The van der Waals surface area contributed by atoms with Gasteiger partial charge in [-0.2, -0.15) is 0 Å². The van der Waals surface area contributed by atoms with E-state index in [4.69, 9.17) is 9.47 Å². The first-order chi connectivity index (χ1) is 13.5. The lowest BCUT2D eigenvalue weighted by molar-refractivity contribution is -0.118. The molecule has 9 heteroatoms. The number of hydrogen-bond acceptors (Lipinski definition) is 7. The molecule has 0 fully saturated rings. The summed E-state index contributed by atoms with van der Waals surface area (Å²) in [4.78, 5) is 23.9. The van der Waals surface area contributed by atoms with Crippen molar-refractivity contribution in [3.8, 4) is 11.4 Å². The molecule has 1 N–H and O–H groups in total. The predicted octanol–water partition coefficient (Wildman–Crippen LogP) is 2.25. The molecule has 0 atom stereocenters. The Morgan fingerprint density at radius 1 is 1.14 bits per heavy atom. The van der Waals surface area contributed by atoms with Crippen LogP contribution in [0.3, 0.4) is 0 Å². The zero-order chi connectivity index (χ0) is 19.9. The highest BCUT2D eigenvalue weighted by Gasteiger charge is 2.10. The molecule has 0 bridgehead atoms. The number of esters is 1. The third kappa shape index (κ3) is 5.13. The van der Waals surface area contributed by atoms with Crippen molar-refractivity contribution in [2.45, 2.75) is 20.0 Å². The van der Waals surface area contributed by atoms with Gasteiger partial charge in [0, 0.05) is 11.8 Å². The van der Waals surface area contributed by atoms with Crippen LogP contribution < -0.4 is 10.1 Å². The highest BCUT2D eigenvalue weighted by Crippen LogP contribution is 2.16. The van der Waals surface area contributed by atoms with Gasteiger partial charge >= 0.3 is 5.97 Å². The zero-order valence-electron chi connectivity index (χ0n) is 15.4. The van der Waals surface area contributed by atoms with E-state index in [1.807, 2.05) is 6.07 Å². The Hall–Kier alpha value is -3.75. The highest BCUT2D eigenvalue weighted by atomic mass is 16.5. The zero-order valence-corrected chi connectivity index (χ0v) is 15.4. The summed E-state index contributed by atoms with van der Waals surface area (Å²) in [6, 6.07) is 13.5. The van der Waals surface area contributed by atoms with E-state index >= 15 is 0 Å². The number of carbonyl (C=O) groups excluding carboxylic acids is 2. The number of nitrogens with zero attached hydrogens (tertiary/aromatic N) is 4. The van der Waals surface area contributed by atoms with E-state index in [0.29, 0.717) is 22.7 Å². The second kappa shape index (κ2) is 8.76. The molecule has 1 amide bonds. The van der Waals surface area contributed by atoms with Gasteiger partial charge in [0.25, 0.3) is 5.91 Å². The smallest absolute Gasteiger partial charge is 0.338 e. The molecule has 0 unspecified atom stereocenters. The molecular weight excluding hydrogens is 362 g/mol. The van der Waals surface area contributed by atoms with Crippen molar-refractivity contribution in [1.82, 2.24) is 20.2 Å². The molecule has 144 valence electrons. The quantitative estimate of drug-likeness (QED) is 0.625. The summed E-state index contributed by atoms with van der Waals surface area (Å²) >= 11 is 0. The van der Waals surface area contributed by atoms with E-state index in [1.54, 1.807) is 56.3 Å². The van der Waals surface area contributed by atoms with Crippen molar-refractivity contribution in [3.63, 3.8) is 0 Å². The highest BCUT2D eigenvalue weighted by molar-refractivity contribution is 5.93. The first kappa shape index (κ1) is 19.0. The van der Waals surface area contributed by atoms with E-state index in [9.17, 15) is 9.59 Å². The first-order valence-corrected chi connectivity index (χ1v) is 8.58. The lowest BCUT2D eigenvalue weighted by Gasteiger charge is -2.10. The fraction of sp³-hybridized carbons (Fsp3) is 0.211. The molecule has 1 aromatic heterocycles. The predicted molar refractivity (Wildman–Crippen MR) is 100 cm³/mol. The van der Waals surface area contributed by atoms with Crippen LogP contribution in [0.15, 0.2) is 54.9 Å². The van der Waals surface area contributed by atoms with Crippen molar-refractivity contribution < 1.29 is 19.1 Å². The second-order valence-electron chi connectivity index (χ2n) is 6.12. The SMILES string of the molecule is CC(C)OC(=O)c1ccc(NC(=O)COc2cccc(-n3cnnn3)c2)cc1. The molecular formula is C19H19N5O4. The van der Waals surface area contributed by atoms with Crippen LogP contribution in [0, 0.1) is 0 Å². The molecule has 3 rings (SSSR count). The lowest BCUT2D eigenvalue weighted by Crippen LogP contribution is -2.20. The number of anilines is 1. The van der Waals surface area contributed by atoms with Gasteiger partial charge in [-0.3, -0.25) is 4.79 Å². The number of benzene rings is 2. The number of nitrogens with one attached hydrogen (secondary N) is 1. The van der Waals surface area contributed by atoms with E-state index in [1.165, 1.54) is 11.0 Å². The van der Waals surface area contributed by atoms with Crippen LogP contribution >= 0.6 is 0 Å². The van der Waals surface area contributed by atoms with Gasteiger partial charge in [-0.1, -0.05) is 6.07 Å². The van der Waals surface area contributed by atoms with Crippen LogP contribution in [0.5, 0.6) is 5.75 Å². The minimum atomic E-state index is -0.404. The van der Waals surface area contributed by atoms with Gasteiger partial charge < -0.3 is 14.8 Å². The molecule has 9 nitrogen and oxygen atoms in total. The van der Waals surface area contributed by atoms with Crippen molar-refractivity contribution >= 4 is 17.6 Å². The molecule has 0 radical (unpaired) electrons. The number of rotatable bonds is 7. The summed E-state index contributed by atoms with van der Waals surface area (Å²) in [7, 11) is 0. The van der Waals surface area contributed by atoms with Crippen LogP contribution in [-0.2, 0) is 9.53 Å². The summed E-state index contributed by atoms with van der Waals surface area (Å²) < 4.78 is 12.1. The summed E-state index contributed by atoms with van der Waals surface area (Å²) in [5.41, 5.74) is 1.69. The Bertz CT molecular complexity index is 939. The first-order valence-electron chi connectivity index (χ1n) is 8.58. The van der Waals surface area contributed by atoms with Gasteiger partial charge in [-0.15, -0.1) is 5.10 Å². The van der Waals surface area contributed by atoms with Crippen LogP contribution in [0.4, 0.5) is 5.69 Å². The molecule has 0 spiro atoms. The summed E-state index contributed by atoms with van der Waals surface area (Å²) in [6.45, 7) is 3.40. The number of tetrazole rings is 1. The topological polar surface area (TPSA) is 108 Å². The standard InChI is InChI=1S/C19H19N5O4/c1-13(2)28-19(26)14-6-8-15(9-7-14)21-18(25)11-27-17-5-3-4-16(10-17)24-12-20-22-23-24/h3-10,12-13H,11H2,1-2H3,(H,21,25).